The number of sulfonamides is 1. The van der Waals surface area contributed by atoms with Gasteiger partial charge < -0.3 is 15.2 Å². The van der Waals surface area contributed by atoms with Crippen LogP contribution < -0.4 is 10.5 Å². The van der Waals surface area contributed by atoms with Crippen LogP contribution in [0, 0.1) is 5.41 Å². The molecule has 1 aromatic carbocycles. The van der Waals surface area contributed by atoms with Gasteiger partial charge in [0.15, 0.2) is 0 Å². The van der Waals surface area contributed by atoms with Gasteiger partial charge in [-0.15, -0.1) is 0 Å². The van der Waals surface area contributed by atoms with Crippen molar-refractivity contribution in [2.45, 2.75) is 25.7 Å². The fraction of sp³-hybridized carbons (Fsp3) is 0.625. The lowest BCUT2D eigenvalue weighted by Crippen LogP contribution is -2.39. The van der Waals surface area contributed by atoms with Gasteiger partial charge in [-0.25, -0.2) is 12.7 Å². The molecular weight excluding hydrogens is 316 g/mol. The number of nitrogens with two attached hydrogens (primary N) is 1. The fourth-order valence-corrected chi connectivity index (χ4v) is 3.36. The van der Waals surface area contributed by atoms with Crippen molar-refractivity contribution in [1.82, 2.24) is 4.31 Å². The zero-order valence-electron chi connectivity index (χ0n) is 14.4. The van der Waals surface area contributed by atoms with Crippen LogP contribution in [0.1, 0.15) is 20.8 Å². The lowest BCUT2D eigenvalue weighted by Gasteiger charge is -2.28. The predicted octanol–water partition coefficient (Wildman–Crippen LogP) is 1.71. The summed E-state index contributed by atoms with van der Waals surface area (Å²) >= 11 is 0. The monoisotopic (exact) mass is 344 g/mol. The first-order valence-electron chi connectivity index (χ1n) is 7.70. The van der Waals surface area contributed by atoms with Gasteiger partial charge in [-0.3, -0.25) is 0 Å². The van der Waals surface area contributed by atoms with Crippen LogP contribution in [0.25, 0.3) is 0 Å². The van der Waals surface area contributed by atoms with E-state index in [0.717, 1.165) is 0 Å². The SMILES string of the molecule is CCOCCOc1ccc(S(=O)(=O)N(C)CC(C)(C)CN)cc1. The average molecular weight is 344 g/mol. The average Bonchev–Trinajstić information content (AvgIpc) is 2.51. The van der Waals surface area contributed by atoms with Crippen LogP contribution in [0.4, 0.5) is 0 Å². The van der Waals surface area contributed by atoms with E-state index in [9.17, 15) is 8.42 Å². The normalized spacial score (nSPS) is 12.6. The Hall–Kier alpha value is -1.15. The Morgan fingerprint density at radius 3 is 2.30 bits per heavy atom. The van der Waals surface area contributed by atoms with Crippen LogP contribution in [0.2, 0.25) is 0 Å². The number of nitrogens with zero attached hydrogens (tertiary/aromatic N) is 1. The first kappa shape index (κ1) is 19.9. The zero-order valence-corrected chi connectivity index (χ0v) is 15.2. The second-order valence-corrected chi connectivity index (χ2v) is 8.19. The minimum atomic E-state index is -3.53. The molecule has 0 aromatic heterocycles. The van der Waals surface area contributed by atoms with Gasteiger partial charge in [0.05, 0.1) is 11.5 Å². The molecule has 0 aliphatic rings. The summed E-state index contributed by atoms with van der Waals surface area (Å²) in [6, 6.07) is 6.41. The molecule has 0 amide bonds. The maximum Gasteiger partial charge on any atom is 0.242 e. The van der Waals surface area contributed by atoms with Gasteiger partial charge >= 0.3 is 0 Å². The molecule has 1 aromatic rings. The number of hydrogen-bond acceptors (Lipinski definition) is 5. The minimum Gasteiger partial charge on any atom is -0.491 e. The second kappa shape index (κ2) is 8.63. The van der Waals surface area contributed by atoms with Crippen molar-refractivity contribution in [1.29, 1.82) is 0 Å². The summed E-state index contributed by atoms with van der Waals surface area (Å²) in [6.45, 7) is 8.16. The Morgan fingerprint density at radius 1 is 1.17 bits per heavy atom. The molecule has 132 valence electrons. The lowest BCUT2D eigenvalue weighted by atomic mass is 9.94. The van der Waals surface area contributed by atoms with Gasteiger partial charge in [0.1, 0.15) is 12.4 Å². The summed E-state index contributed by atoms with van der Waals surface area (Å²) in [7, 11) is -1.96. The molecule has 0 bridgehead atoms. The van der Waals surface area contributed by atoms with E-state index in [4.69, 9.17) is 15.2 Å². The van der Waals surface area contributed by atoms with Crippen molar-refractivity contribution in [3.8, 4) is 5.75 Å². The Labute approximate surface area is 139 Å². The van der Waals surface area contributed by atoms with Crippen molar-refractivity contribution in [2.24, 2.45) is 11.1 Å². The Balaban J connectivity index is 2.73. The zero-order chi connectivity index (χ0) is 17.5. The van der Waals surface area contributed by atoms with E-state index in [-0.39, 0.29) is 10.3 Å². The number of ether oxygens (including phenoxy) is 2. The third-order valence-electron chi connectivity index (χ3n) is 3.44. The van der Waals surface area contributed by atoms with Crippen LogP contribution in [-0.4, -0.2) is 52.7 Å². The van der Waals surface area contributed by atoms with E-state index in [1.165, 1.54) is 4.31 Å². The van der Waals surface area contributed by atoms with Crippen LogP contribution in [0.15, 0.2) is 29.2 Å². The summed E-state index contributed by atoms with van der Waals surface area (Å²) in [5, 5.41) is 0. The maximum atomic E-state index is 12.6. The molecule has 0 saturated heterocycles. The number of benzene rings is 1. The summed E-state index contributed by atoms with van der Waals surface area (Å²) in [4.78, 5) is 0.241. The first-order chi connectivity index (χ1) is 10.7. The third-order valence-corrected chi connectivity index (χ3v) is 5.25. The quantitative estimate of drug-likeness (QED) is 0.653. The second-order valence-electron chi connectivity index (χ2n) is 6.15. The summed E-state index contributed by atoms with van der Waals surface area (Å²) in [5.74, 6) is 0.619. The van der Waals surface area contributed by atoms with Crippen LogP contribution in [0.5, 0.6) is 5.75 Å². The Morgan fingerprint density at radius 2 is 1.78 bits per heavy atom. The standard InChI is InChI=1S/C16H28N2O4S/c1-5-21-10-11-22-14-6-8-15(9-7-14)23(19,20)18(4)13-16(2,3)12-17/h6-9H,5,10-13,17H2,1-4H3. The number of hydrogen-bond donors (Lipinski definition) is 1. The molecule has 2 N–H and O–H groups in total. The van der Waals surface area contributed by atoms with Crippen LogP contribution in [-0.2, 0) is 14.8 Å². The molecule has 23 heavy (non-hydrogen) atoms. The molecule has 0 atom stereocenters. The van der Waals surface area contributed by atoms with Crippen LogP contribution in [0.3, 0.4) is 0 Å². The molecule has 0 spiro atoms. The van der Waals surface area contributed by atoms with Crippen molar-refractivity contribution in [3.63, 3.8) is 0 Å². The van der Waals surface area contributed by atoms with Crippen LogP contribution >= 0.6 is 0 Å². The molecule has 0 heterocycles. The molecule has 0 aliphatic carbocycles. The fourth-order valence-electron chi connectivity index (χ4n) is 2.00. The molecule has 0 aliphatic heterocycles. The topological polar surface area (TPSA) is 81.9 Å². The van der Waals surface area contributed by atoms with Crippen molar-refractivity contribution >= 4 is 10.0 Å². The van der Waals surface area contributed by atoms with E-state index >= 15 is 0 Å². The van der Waals surface area contributed by atoms with Gasteiger partial charge in [-0.1, -0.05) is 13.8 Å². The molecule has 0 saturated carbocycles. The van der Waals surface area contributed by atoms with Crippen molar-refractivity contribution < 1.29 is 17.9 Å². The smallest absolute Gasteiger partial charge is 0.242 e. The molecule has 1 rings (SSSR count). The molecule has 0 unspecified atom stereocenters. The predicted molar refractivity (Wildman–Crippen MR) is 91.1 cm³/mol. The van der Waals surface area contributed by atoms with Crippen molar-refractivity contribution in [3.05, 3.63) is 24.3 Å². The molecular formula is C16H28N2O4S. The minimum absolute atomic E-state index is 0.241. The summed E-state index contributed by atoms with van der Waals surface area (Å²) in [5.41, 5.74) is 5.40. The van der Waals surface area contributed by atoms with E-state index in [1.54, 1.807) is 31.3 Å². The van der Waals surface area contributed by atoms with Gasteiger partial charge in [-0.2, -0.15) is 0 Å². The highest BCUT2D eigenvalue weighted by Crippen LogP contribution is 2.22. The van der Waals surface area contributed by atoms with E-state index in [1.807, 2.05) is 20.8 Å². The highest BCUT2D eigenvalue weighted by atomic mass is 32.2. The van der Waals surface area contributed by atoms with E-state index < -0.39 is 10.0 Å². The number of rotatable bonds is 10. The van der Waals surface area contributed by atoms with E-state index in [2.05, 4.69) is 0 Å². The highest BCUT2D eigenvalue weighted by molar-refractivity contribution is 7.89. The van der Waals surface area contributed by atoms with Gasteiger partial charge in [-0.05, 0) is 43.1 Å². The lowest BCUT2D eigenvalue weighted by molar-refractivity contribution is 0.110. The Kier molecular flexibility index (Phi) is 7.47. The van der Waals surface area contributed by atoms with Gasteiger partial charge in [0.25, 0.3) is 0 Å². The molecule has 7 heteroatoms. The summed E-state index contributed by atoms with van der Waals surface area (Å²) in [6.07, 6.45) is 0. The van der Waals surface area contributed by atoms with E-state index in [0.29, 0.717) is 38.7 Å². The third kappa shape index (κ3) is 6.10. The highest BCUT2D eigenvalue weighted by Gasteiger charge is 2.27. The molecule has 0 fully saturated rings. The van der Waals surface area contributed by atoms with Gasteiger partial charge in [0, 0.05) is 20.2 Å². The molecule has 6 nitrogen and oxygen atoms in total. The largest absolute Gasteiger partial charge is 0.491 e. The maximum absolute atomic E-state index is 12.6. The van der Waals surface area contributed by atoms with Crippen molar-refractivity contribution in [2.75, 3.05) is 40.0 Å². The molecule has 0 radical (unpaired) electrons. The Bertz CT molecular complexity index is 570. The summed E-state index contributed by atoms with van der Waals surface area (Å²) < 4.78 is 37.1. The first-order valence-corrected chi connectivity index (χ1v) is 9.14. The van der Waals surface area contributed by atoms with Gasteiger partial charge in [0.2, 0.25) is 10.0 Å².